The summed E-state index contributed by atoms with van der Waals surface area (Å²) >= 11 is 0. The maximum absolute atomic E-state index is 6.13. The number of imidazole rings is 1. The van der Waals surface area contributed by atoms with Crippen LogP contribution in [-0.4, -0.2) is 33.1 Å². The van der Waals surface area contributed by atoms with Crippen molar-refractivity contribution in [3.05, 3.63) is 90.0 Å². The number of hydrogen-bond donors (Lipinski definition) is 2. The van der Waals surface area contributed by atoms with Crippen molar-refractivity contribution in [3.8, 4) is 16.9 Å². The van der Waals surface area contributed by atoms with Crippen LogP contribution in [0.15, 0.2) is 73.1 Å². The van der Waals surface area contributed by atoms with Gasteiger partial charge in [0, 0.05) is 23.4 Å². The third-order valence-corrected chi connectivity index (χ3v) is 6.36. The number of nitrogens with one attached hydrogen (secondary N) is 2. The highest BCUT2D eigenvalue weighted by atomic mass is 16.5. The molecule has 0 spiro atoms. The second-order valence-corrected chi connectivity index (χ2v) is 8.79. The second kappa shape index (κ2) is 8.76. The Labute approximate surface area is 203 Å². The number of H-pyrrole nitrogens is 1. The quantitative estimate of drug-likeness (QED) is 0.353. The molecule has 0 radical (unpaired) electrons. The molecule has 6 rings (SSSR count). The number of aromatic nitrogens is 4. The zero-order chi connectivity index (χ0) is 23.8. The Kier molecular flexibility index (Phi) is 5.29. The van der Waals surface area contributed by atoms with Gasteiger partial charge in [-0.25, -0.2) is 15.0 Å². The number of aryl methyl sites for hydroxylation is 1. The summed E-state index contributed by atoms with van der Waals surface area (Å²) in [5, 5.41) is 3.45. The monoisotopic (exact) mass is 462 g/mol. The number of ether oxygens (including phenoxy) is 1. The topological polar surface area (TPSA) is 79.0 Å². The lowest BCUT2D eigenvalue weighted by atomic mass is 10.0. The minimum Gasteiger partial charge on any atom is -0.491 e. The average molecular weight is 463 g/mol. The Morgan fingerprint density at radius 1 is 0.943 bits per heavy atom. The Balaban J connectivity index is 1.34. The SMILES string of the molecule is Cc1nc(Nc2ccccc2)c(C)c(N2CCOc3ccc(-c4ccc5nc[nH]c5c4)cc3C2)n1. The van der Waals surface area contributed by atoms with Gasteiger partial charge >= 0.3 is 0 Å². The van der Waals surface area contributed by atoms with Gasteiger partial charge in [0.2, 0.25) is 0 Å². The maximum atomic E-state index is 6.13. The highest BCUT2D eigenvalue weighted by molar-refractivity contribution is 5.82. The molecule has 1 aliphatic heterocycles. The Morgan fingerprint density at radius 2 is 1.77 bits per heavy atom. The van der Waals surface area contributed by atoms with Crippen LogP contribution in [-0.2, 0) is 6.54 Å². The first-order valence-corrected chi connectivity index (χ1v) is 11.8. The Bertz CT molecular complexity index is 1510. The fourth-order valence-electron chi connectivity index (χ4n) is 4.57. The molecule has 0 saturated heterocycles. The molecule has 0 saturated carbocycles. The van der Waals surface area contributed by atoms with E-state index in [1.807, 2.05) is 43.3 Å². The minimum absolute atomic E-state index is 0.594. The molecule has 0 fully saturated rings. The van der Waals surface area contributed by atoms with Gasteiger partial charge in [0.15, 0.2) is 0 Å². The van der Waals surface area contributed by atoms with Gasteiger partial charge in [-0.05, 0) is 61.4 Å². The molecule has 5 aromatic rings. The molecule has 2 aromatic heterocycles. The molecule has 0 atom stereocenters. The summed E-state index contributed by atoms with van der Waals surface area (Å²) < 4.78 is 6.13. The van der Waals surface area contributed by atoms with Crippen LogP contribution in [0, 0.1) is 13.8 Å². The first-order chi connectivity index (χ1) is 17.1. The smallest absolute Gasteiger partial charge is 0.139 e. The van der Waals surface area contributed by atoms with Crippen LogP contribution in [0.4, 0.5) is 17.3 Å². The highest BCUT2D eigenvalue weighted by Crippen LogP contribution is 2.33. The van der Waals surface area contributed by atoms with E-state index in [-0.39, 0.29) is 0 Å². The molecule has 3 heterocycles. The maximum Gasteiger partial charge on any atom is 0.139 e. The summed E-state index contributed by atoms with van der Waals surface area (Å²) in [5.41, 5.74) is 7.44. The number of rotatable bonds is 4. The zero-order valence-corrected chi connectivity index (χ0v) is 19.7. The standard InChI is InChI=1S/C28H26N6O/c1-18-27(33-23-6-4-3-5-7-23)31-19(2)32-28(18)34-12-13-35-26-11-9-20(14-22(26)16-34)21-8-10-24-25(15-21)30-17-29-24/h3-11,14-15,17H,12-13,16H2,1-2H3,(H,29,30)(H,31,32,33). The van der Waals surface area contributed by atoms with Crippen molar-refractivity contribution in [3.63, 3.8) is 0 Å². The highest BCUT2D eigenvalue weighted by Gasteiger charge is 2.21. The van der Waals surface area contributed by atoms with E-state index >= 15 is 0 Å². The van der Waals surface area contributed by atoms with Crippen molar-refractivity contribution < 1.29 is 4.74 Å². The van der Waals surface area contributed by atoms with E-state index in [1.165, 1.54) is 0 Å². The van der Waals surface area contributed by atoms with Crippen LogP contribution in [0.25, 0.3) is 22.2 Å². The molecule has 0 unspecified atom stereocenters. The van der Waals surface area contributed by atoms with E-state index in [0.717, 1.165) is 68.7 Å². The third kappa shape index (κ3) is 4.17. The van der Waals surface area contributed by atoms with Gasteiger partial charge in [-0.15, -0.1) is 0 Å². The van der Waals surface area contributed by atoms with Gasteiger partial charge in [0.05, 0.1) is 23.9 Å². The number of benzene rings is 3. The van der Waals surface area contributed by atoms with Crippen LogP contribution in [0.3, 0.4) is 0 Å². The average Bonchev–Trinajstić information content (AvgIpc) is 3.24. The van der Waals surface area contributed by atoms with Crippen LogP contribution in [0.2, 0.25) is 0 Å². The summed E-state index contributed by atoms with van der Waals surface area (Å²) in [6, 6.07) is 22.8. The molecule has 3 aromatic carbocycles. The second-order valence-electron chi connectivity index (χ2n) is 8.79. The van der Waals surface area contributed by atoms with Crippen LogP contribution in [0.5, 0.6) is 5.75 Å². The third-order valence-electron chi connectivity index (χ3n) is 6.36. The van der Waals surface area contributed by atoms with Gasteiger partial charge in [-0.1, -0.05) is 30.3 Å². The summed E-state index contributed by atoms with van der Waals surface area (Å²) in [4.78, 5) is 19.3. The van der Waals surface area contributed by atoms with Crippen LogP contribution < -0.4 is 15.0 Å². The summed E-state index contributed by atoms with van der Waals surface area (Å²) in [5.74, 6) is 3.41. The van der Waals surface area contributed by atoms with Crippen molar-refractivity contribution in [1.82, 2.24) is 19.9 Å². The number of aromatic amines is 1. The predicted octanol–water partition coefficient (Wildman–Crippen LogP) is 5.78. The number of hydrogen-bond acceptors (Lipinski definition) is 6. The van der Waals surface area contributed by atoms with E-state index in [4.69, 9.17) is 9.72 Å². The van der Waals surface area contributed by atoms with Gasteiger partial charge in [-0.2, -0.15) is 0 Å². The normalized spacial score (nSPS) is 13.3. The van der Waals surface area contributed by atoms with Gasteiger partial charge < -0.3 is 19.9 Å². The zero-order valence-electron chi connectivity index (χ0n) is 19.7. The van der Waals surface area contributed by atoms with Crippen molar-refractivity contribution in [1.29, 1.82) is 0 Å². The van der Waals surface area contributed by atoms with E-state index < -0.39 is 0 Å². The molecule has 0 bridgehead atoms. The molecule has 7 heteroatoms. The molecular weight excluding hydrogens is 436 g/mol. The van der Waals surface area contributed by atoms with Crippen molar-refractivity contribution >= 4 is 28.4 Å². The first kappa shape index (κ1) is 21.2. The molecule has 1 aliphatic rings. The lowest BCUT2D eigenvalue weighted by molar-refractivity contribution is 0.331. The number of nitrogens with zero attached hydrogens (tertiary/aromatic N) is 4. The number of fused-ring (bicyclic) bond motifs is 2. The van der Waals surface area contributed by atoms with Crippen LogP contribution >= 0.6 is 0 Å². The van der Waals surface area contributed by atoms with Crippen molar-refractivity contribution in [2.24, 2.45) is 0 Å². The van der Waals surface area contributed by atoms with E-state index in [1.54, 1.807) is 6.33 Å². The fourth-order valence-corrected chi connectivity index (χ4v) is 4.57. The molecule has 2 N–H and O–H groups in total. The van der Waals surface area contributed by atoms with Crippen molar-refractivity contribution in [2.75, 3.05) is 23.4 Å². The van der Waals surface area contributed by atoms with Crippen LogP contribution in [0.1, 0.15) is 17.0 Å². The number of para-hydroxylation sites is 1. The summed E-state index contributed by atoms with van der Waals surface area (Å²) in [6.07, 6.45) is 1.73. The minimum atomic E-state index is 0.594. The molecule has 0 aliphatic carbocycles. The molecule has 35 heavy (non-hydrogen) atoms. The summed E-state index contributed by atoms with van der Waals surface area (Å²) in [6.45, 7) is 6.05. The van der Waals surface area contributed by atoms with Gasteiger partial charge in [0.25, 0.3) is 0 Å². The van der Waals surface area contributed by atoms with E-state index in [0.29, 0.717) is 13.2 Å². The van der Waals surface area contributed by atoms with E-state index in [9.17, 15) is 0 Å². The molecule has 7 nitrogen and oxygen atoms in total. The Morgan fingerprint density at radius 3 is 2.66 bits per heavy atom. The lowest BCUT2D eigenvalue weighted by Gasteiger charge is -2.24. The largest absolute Gasteiger partial charge is 0.491 e. The molecular formula is C28H26N6O. The molecule has 174 valence electrons. The Hall–Kier alpha value is -4.39. The predicted molar refractivity (Wildman–Crippen MR) is 139 cm³/mol. The van der Waals surface area contributed by atoms with Gasteiger partial charge in [0.1, 0.15) is 29.8 Å². The van der Waals surface area contributed by atoms with Gasteiger partial charge in [-0.3, -0.25) is 0 Å². The van der Waals surface area contributed by atoms with E-state index in [2.05, 4.69) is 62.4 Å². The van der Waals surface area contributed by atoms with Crippen molar-refractivity contribution in [2.45, 2.75) is 20.4 Å². The first-order valence-electron chi connectivity index (χ1n) is 11.8. The number of anilines is 3. The fraction of sp³-hybridized carbons (Fsp3) is 0.179. The lowest BCUT2D eigenvalue weighted by Crippen LogP contribution is -2.27. The summed E-state index contributed by atoms with van der Waals surface area (Å²) in [7, 11) is 0. The molecule has 0 amide bonds.